The van der Waals surface area contributed by atoms with Gasteiger partial charge in [-0.2, -0.15) is 13.2 Å². The summed E-state index contributed by atoms with van der Waals surface area (Å²) in [5.41, 5.74) is 0.687. The monoisotopic (exact) mass is 423 g/mol. The van der Waals surface area contributed by atoms with E-state index in [4.69, 9.17) is 0 Å². The number of benzene rings is 1. The van der Waals surface area contributed by atoms with Crippen LogP contribution in [-0.4, -0.2) is 48.6 Å². The molecule has 3 atom stereocenters. The Balaban J connectivity index is 1.43. The van der Waals surface area contributed by atoms with Crippen molar-refractivity contribution in [3.63, 3.8) is 0 Å². The fourth-order valence-corrected chi connectivity index (χ4v) is 4.89. The summed E-state index contributed by atoms with van der Waals surface area (Å²) in [6, 6.07) is 9.77. The molecule has 2 fully saturated rings. The van der Waals surface area contributed by atoms with Gasteiger partial charge in [-0.25, -0.2) is 0 Å². The maximum atomic E-state index is 12.6. The van der Waals surface area contributed by atoms with Crippen LogP contribution in [0.15, 0.2) is 36.4 Å². The number of amides is 2. The molecule has 1 unspecified atom stereocenters. The van der Waals surface area contributed by atoms with Gasteiger partial charge in [0.05, 0.1) is 4.88 Å². The van der Waals surface area contributed by atoms with Gasteiger partial charge in [-0.15, -0.1) is 11.3 Å². The van der Waals surface area contributed by atoms with E-state index < -0.39 is 12.1 Å². The molecule has 2 aliphatic rings. The van der Waals surface area contributed by atoms with Crippen LogP contribution in [0, 0.1) is 5.92 Å². The first-order valence-corrected chi connectivity index (χ1v) is 10.2. The van der Waals surface area contributed by atoms with Crippen molar-refractivity contribution in [1.29, 1.82) is 0 Å². The number of thiophene rings is 1. The molecule has 4 rings (SSSR count). The van der Waals surface area contributed by atoms with Gasteiger partial charge in [-0.3, -0.25) is 9.59 Å². The van der Waals surface area contributed by atoms with E-state index in [9.17, 15) is 22.8 Å². The zero-order chi connectivity index (χ0) is 20.6. The van der Waals surface area contributed by atoms with E-state index in [1.165, 1.54) is 29.9 Å². The molecule has 0 radical (unpaired) electrons. The molecular weight excluding hydrogens is 403 g/mol. The third-order valence-electron chi connectivity index (χ3n) is 5.29. The van der Waals surface area contributed by atoms with Crippen LogP contribution in [0.5, 0.6) is 0 Å². The zero-order valence-corrected chi connectivity index (χ0v) is 16.3. The van der Waals surface area contributed by atoms with E-state index in [1.807, 2.05) is 5.32 Å². The Morgan fingerprint density at radius 3 is 2.72 bits per heavy atom. The predicted octanol–water partition coefficient (Wildman–Crippen LogP) is 3.74. The lowest BCUT2D eigenvalue weighted by atomic mass is 9.97. The highest BCUT2D eigenvalue weighted by molar-refractivity contribution is 7.17. The highest BCUT2D eigenvalue weighted by Crippen LogP contribution is 2.31. The first kappa shape index (κ1) is 19.9. The van der Waals surface area contributed by atoms with Crippen molar-refractivity contribution >= 4 is 28.8 Å². The van der Waals surface area contributed by atoms with E-state index in [1.54, 1.807) is 24.3 Å². The SMILES string of the molecule is O=C(N[C@H]1C[C@H]2CCN(C2)C1)c1ccc(-c2cccc(NC(=O)C(F)(F)F)c2)s1. The maximum absolute atomic E-state index is 12.6. The van der Waals surface area contributed by atoms with Gasteiger partial charge in [-0.1, -0.05) is 12.1 Å². The van der Waals surface area contributed by atoms with E-state index in [2.05, 4.69) is 10.2 Å². The van der Waals surface area contributed by atoms with Gasteiger partial charge < -0.3 is 15.5 Å². The average molecular weight is 423 g/mol. The topological polar surface area (TPSA) is 61.4 Å². The Morgan fingerprint density at radius 2 is 1.97 bits per heavy atom. The minimum atomic E-state index is -4.95. The molecule has 3 heterocycles. The summed E-state index contributed by atoms with van der Waals surface area (Å²) in [5.74, 6) is -1.49. The van der Waals surface area contributed by atoms with E-state index in [-0.39, 0.29) is 17.6 Å². The first-order valence-electron chi connectivity index (χ1n) is 9.39. The number of halogens is 3. The van der Waals surface area contributed by atoms with Gasteiger partial charge >= 0.3 is 12.1 Å². The second-order valence-corrected chi connectivity index (χ2v) is 8.60. The van der Waals surface area contributed by atoms with Gasteiger partial charge in [-0.05, 0) is 55.1 Å². The molecule has 0 spiro atoms. The minimum Gasteiger partial charge on any atom is -0.347 e. The van der Waals surface area contributed by atoms with Gasteiger partial charge in [0.25, 0.3) is 5.91 Å². The third-order valence-corrected chi connectivity index (χ3v) is 6.43. The molecule has 1 aromatic heterocycles. The number of carbonyl (C=O) groups excluding carboxylic acids is 2. The molecular formula is C20H20F3N3O2S. The van der Waals surface area contributed by atoms with Crippen LogP contribution >= 0.6 is 11.3 Å². The normalized spacial score (nSPS) is 23.6. The summed E-state index contributed by atoms with van der Waals surface area (Å²) in [6.45, 7) is 3.10. The summed E-state index contributed by atoms with van der Waals surface area (Å²) in [7, 11) is 0. The predicted molar refractivity (Wildman–Crippen MR) is 105 cm³/mol. The molecule has 0 saturated carbocycles. The molecule has 9 heteroatoms. The van der Waals surface area contributed by atoms with Crippen LogP contribution in [0.2, 0.25) is 0 Å². The third kappa shape index (κ3) is 4.62. The van der Waals surface area contributed by atoms with Crippen molar-refractivity contribution in [3.05, 3.63) is 41.3 Å². The average Bonchev–Trinajstić information content (AvgIpc) is 3.28. The fraction of sp³-hybridized carbons (Fsp3) is 0.400. The van der Waals surface area contributed by atoms with E-state index in [0.29, 0.717) is 16.4 Å². The number of alkyl halides is 3. The molecule has 0 aliphatic carbocycles. The zero-order valence-electron chi connectivity index (χ0n) is 15.5. The summed E-state index contributed by atoms with van der Waals surface area (Å²) >= 11 is 1.27. The second-order valence-electron chi connectivity index (χ2n) is 7.52. The maximum Gasteiger partial charge on any atom is 0.471 e. The van der Waals surface area contributed by atoms with Crippen LogP contribution in [0.1, 0.15) is 22.5 Å². The molecule has 2 saturated heterocycles. The number of fused-ring (bicyclic) bond motifs is 2. The van der Waals surface area contributed by atoms with Crippen LogP contribution in [0.25, 0.3) is 10.4 Å². The molecule has 5 nitrogen and oxygen atoms in total. The number of rotatable bonds is 4. The quantitative estimate of drug-likeness (QED) is 0.788. The summed E-state index contributed by atoms with van der Waals surface area (Å²) < 4.78 is 37.3. The van der Waals surface area contributed by atoms with Crippen molar-refractivity contribution in [2.24, 2.45) is 5.92 Å². The molecule has 1 aromatic carbocycles. The Kier molecular flexibility index (Phi) is 5.35. The lowest BCUT2D eigenvalue weighted by Crippen LogP contribution is -2.46. The molecule has 2 aromatic rings. The van der Waals surface area contributed by atoms with Crippen molar-refractivity contribution in [2.75, 3.05) is 25.0 Å². The largest absolute Gasteiger partial charge is 0.471 e. The number of hydrogen-bond acceptors (Lipinski definition) is 4. The number of nitrogens with one attached hydrogen (secondary N) is 2. The molecule has 29 heavy (non-hydrogen) atoms. The lowest BCUT2D eigenvalue weighted by molar-refractivity contribution is -0.167. The highest BCUT2D eigenvalue weighted by atomic mass is 32.1. The Hall–Kier alpha value is -2.39. The smallest absolute Gasteiger partial charge is 0.347 e. The van der Waals surface area contributed by atoms with Crippen LogP contribution in [0.4, 0.5) is 18.9 Å². The molecule has 154 valence electrons. The van der Waals surface area contributed by atoms with Gasteiger partial charge in [0.15, 0.2) is 0 Å². The van der Waals surface area contributed by atoms with E-state index in [0.717, 1.165) is 30.9 Å². The van der Waals surface area contributed by atoms with E-state index >= 15 is 0 Å². The lowest BCUT2D eigenvalue weighted by Gasteiger charge is -2.30. The summed E-state index contributed by atoms with van der Waals surface area (Å²) in [4.78, 5) is 27.4. The molecule has 2 aliphatic heterocycles. The van der Waals surface area contributed by atoms with Crippen LogP contribution in [0.3, 0.4) is 0 Å². The minimum absolute atomic E-state index is 0.0518. The highest BCUT2D eigenvalue weighted by Gasteiger charge is 2.38. The Bertz CT molecular complexity index is 916. The Labute approximate surface area is 169 Å². The first-order chi connectivity index (χ1) is 13.8. The number of hydrogen-bond donors (Lipinski definition) is 2. The fourth-order valence-electron chi connectivity index (χ4n) is 3.99. The summed E-state index contributed by atoms with van der Waals surface area (Å²) in [6.07, 6.45) is -2.75. The van der Waals surface area contributed by atoms with Gasteiger partial charge in [0, 0.05) is 29.7 Å². The molecule has 2 bridgehead atoms. The molecule has 2 amide bonds. The molecule has 2 N–H and O–H groups in total. The van der Waals surface area contributed by atoms with Crippen molar-refractivity contribution in [3.8, 4) is 10.4 Å². The van der Waals surface area contributed by atoms with Crippen molar-refractivity contribution < 1.29 is 22.8 Å². The Morgan fingerprint density at radius 1 is 1.14 bits per heavy atom. The van der Waals surface area contributed by atoms with Gasteiger partial charge in [0.1, 0.15) is 0 Å². The summed E-state index contributed by atoms with van der Waals surface area (Å²) in [5, 5.41) is 4.95. The second kappa shape index (κ2) is 7.79. The number of nitrogens with zero attached hydrogens (tertiary/aromatic N) is 1. The van der Waals surface area contributed by atoms with Crippen molar-refractivity contribution in [1.82, 2.24) is 10.2 Å². The van der Waals surface area contributed by atoms with Crippen LogP contribution < -0.4 is 10.6 Å². The number of piperidine rings is 1. The van der Waals surface area contributed by atoms with Crippen LogP contribution in [-0.2, 0) is 4.79 Å². The number of anilines is 1. The van der Waals surface area contributed by atoms with Gasteiger partial charge in [0.2, 0.25) is 0 Å². The van der Waals surface area contributed by atoms with Crippen molar-refractivity contribution in [2.45, 2.75) is 25.1 Å². The number of carbonyl (C=O) groups is 2. The standard InChI is InChI=1S/C20H20F3N3O2S/c21-20(22,23)19(28)25-14-3-1-2-13(9-14)16-4-5-17(29-16)18(27)24-15-8-12-6-7-26(10-12)11-15/h1-5,9,12,15H,6-8,10-11H2,(H,24,27)(H,25,28)/t12-,15+/m1/s1.